The van der Waals surface area contributed by atoms with Gasteiger partial charge in [0, 0.05) is 39.0 Å². The fraction of sp³-hybridized carbons (Fsp3) is 0.417. The van der Waals surface area contributed by atoms with Crippen molar-refractivity contribution >= 4 is 38.4 Å². The zero-order valence-electron chi connectivity index (χ0n) is 10.3. The first-order chi connectivity index (χ1) is 8.40. The maximum atomic E-state index is 11.0. The van der Waals surface area contributed by atoms with Crippen molar-refractivity contribution in [3.8, 4) is 0 Å². The molecule has 0 aliphatic carbocycles. The molecule has 0 heterocycles. The van der Waals surface area contributed by atoms with E-state index in [9.17, 15) is 9.00 Å². The Hall–Kier alpha value is -0.880. The Morgan fingerprint density at radius 2 is 2.22 bits per heavy atom. The zero-order valence-corrected chi connectivity index (χ0v) is 12.7. The fourth-order valence-electron chi connectivity index (χ4n) is 1.45. The quantitative estimate of drug-likeness (QED) is 0.839. The highest BCUT2D eigenvalue weighted by Crippen LogP contribution is 2.24. The highest BCUT2D eigenvalue weighted by atomic mass is 79.9. The summed E-state index contributed by atoms with van der Waals surface area (Å²) in [6.07, 6.45) is 2.49. The second kappa shape index (κ2) is 6.89. The Balaban J connectivity index is 2.67. The fourth-order valence-corrected chi connectivity index (χ4v) is 2.62. The number of carboxylic acids is 1. The van der Waals surface area contributed by atoms with Crippen LogP contribution in [0.5, 0.6) is 0 Å². The maximum absolute atomic E-state index is 11.0. The monoisotopic (exact) mass is 333 g/mol. The van der Waals surface area contributed by atoms with E-state index >= 15 is 0 Å². The van der Waals surface area contributed by atoms with E-state index in [1.807, 2.05) is 6.92 Å². The number of hydrogen-bond donors (Lipinski definition) is 2. The summed E-state index contributed by atoms with van der Waals surface area (Å²) in [7, 11) is -0.789. The third-order valence-corrected chi connectivity index (χ3v) is 3.92. The van der Waals surface area contributed by atoms with E-state index in [-0.39, 0.29) is 11.6 Å². The second-order valence-corrected chi connectivity index (χ2v) is 6.52. The van der Waals surface area contributed by atoms with Gasteiger partial charge in [-0.3, -0.25) is 4.21 Å². The highest BCUT2D eigenvalue weighted by Gasteiger charge is 2.09. The van der Waals surface area contributed by atoms with Gasteiger partial charge in [0.25, 0.3) is 0 Å². The normalized spacial score (nSPS) is 13.9. The summed E-state index contributed by atoms with van der Waals surface area (Å²) in [5.41, 5.74) is 1.09. The molecule has 0 aliphatic rings. The van der Waals surface area contributed by atoms with E-state index in [4.69, 9.17) is 5.11 Å². The van der Waals surface area contributed by atoms with Crippen LogP contribution in [-0.2, 0) is 10.8 Å². The van der Waals surface area contributed by atoms with E-state index < -0.39 is 16.8 Å². The van der Waals surface area contributed by atoms with Gasteiger partial charge >= 0.3 is 5.97 Å². The molecule has 0 amide bonds. The van der Waals surface area contributed by atoms with Gasteiger partial charge in [0.1, 0.15) is 0 Å². The smallest absolute Gasteiger partial charge is 0.335 e. The molecule has 100 valence electrons. The molecular formula is C12H16BrNO3S. The van der Waals surface area contributed by atoms with E-state index in [0.717, 1.165) is 12.1 Å². The number of benzene rings is 1. The van der Waals surface area contributed by atoms with Crippen LogP contribution in [0.4, 0.5) is 5.69 Å². The summed E-state index contributed by atoms with van der Waals surface area (Å²) in [6, 6.07) is 5.03. The minimum absolute atomic E-state index is 0.181. The SMILES string of the molecule is CC(CCS(C)=O)Nc1ccc(C(=O)O)cc1Br. The van der Waals surface area contributed by atoms with Crippen molar-refractivity contribution in [2.75, 3.05) is 17.3 Å². The summed E-state index contributed by atoms with van der Waals surface area (Å²) in [6.45, 7) is 2.00. The molecule has 2 unspecified atom stereocenters. The van der Waals surface area contributed by atoms with Crippen LogP contribution in [0.15, 0.2) is 22.7 Å². The molecule has 1 aromatic rings. The molecule has 6 heteroatoms. The number of carboxylic acid groups (broad SMARTS) is 1. The Morgan fingerprint density at radius 3 is 2.72 bits per heavy atom. The molecule has 0 aromatic heterocycles. The number of nitrogens with one attached hydrogen (secondary N) is 1. The number of halogens is 1. The van der Waals surface area contributed by atoms with Gasteiger partial charge in [0.15, 0.2) is 0 Å². The van der Waals surface area contributed by atoms with E-state index in [2.05, 4.69) is 21.2 Å². The minimum atomic E-state index is -0.948. The molecule has 18 heavy (non-hydrogen) atoms. The maximum Gasteiger partial charge on any atom is 0.335 e. The average Bonchev–Trinajstić information content (AvgIpc) is 2.29. The van der Waals surface area contributed by atoms with Crippen molar-refractivity contribution in [3.05, 3.63) is 28.2 Å². The first-order valence-electron chi connectivity index (χ1n) is 5.49. The van der Waals surface area contributed by atoms with Crippen LogP contribution in [0.2, 0.25) is 0 Å². The molecule has 0 saturated carbocycles. The van der Waals surface area contributed by atoms with Crippen molar-refractivity contribution < 1.29 is 14.1 Å². The van der Waals surface area contributed by atoms with Crippen LogP contribution in [-0.4, -0.2) is 33.3 Å². The van der Waals surface area contributed by atoms with Crippen molar-refractivity contribution in [2.24, 2.45) is 0 Å². The van der Waals surface area contributed by atoms with E-state index in [0.29, 0.717) is 10.2 Å². The van der Waals surface area contributed by atoms with Gasteiger partial charge in [-0.15, -0.1) is 0 Å². The summed E-state index contributed by atoms with van der Waals surface area (Å²) < 4.78 is 11.7. The predicted octanol–water partition coefficient (Wildman–Crippen LogP) is 2.72. The Kier molecular flexibility index (Phi) is 5.81. The van der Waals surface area contributed by atoms with Crippen molar-refractivity contribution in [3.63, 3.8) is 0 Å². The molecular weight excluding hydrogens is 318 g/mol. The molecule has 0 radical (unpaired) electrons. The van der Waals surface area contributed by atoms with Gasteiger partial charge in [0.05, 0.1) is 5.56 Å². The third kappa shape index (κ3) is 4.78. The Morgan fingerprint density at radius 1 is 1.56 bits per heavy atom. The van der Waals surface area contributed by atoms with Gasteiger partial charge in [-0.2, -0.15) is 0 Å². The van der Waals surface area contributed by atoms with Gasteiger partial charge in [-0.25, -0.2) is 4.79 Å². The Bertz CT molecular complexity index is 465. The lowest BCUT2D eigenvalue weighted by molar-refractivity contribution is 0.0697. The minimum Gasteiger partial charge on any atom is -0.478 e. The number of aromatic carboxylic acids is 1. The zero-order chi connectivity index (χ0) is 13.7. The summed E-state index contributed by atoms with van der Waals surface area (Å²) in [5.74, 6) is -0.296. The highest BCUT2D eigenvalue weighted by molar-refractivity contribution is 9.10. The van der Waals surface area contributed by atoms with Crippen LogP contribution < -0.4 is 5.32 Å². The number of anilines is 1. The molecule has 4 nitrogen and oxygen atoms in total. The number of hydrogen-bond acceptors (Lipinski definition) is 3. The molecule has 0 bridgehead atoms. The van der Waals surface area contributed by atoms with E-state index in [1.165, 1.54) is 0 Å². The van der Waals surface area contributed by atoms with Crippen molar-refractivity contribution in [1.82, 2.24) is 0 Å². The number of carbonyl (C=O) groups is 1. The van der Waals surface area contributed by atoms with Crippen molar-refractivity contribution in [1.29, 1.82) is 0 Å². The molecule has 0 saturated heterocycles. The Labute approximate surface area is 117 Å². The molecule has 0 fully saturated rings. The second-order valence-electron chi connectivity index (χ2n) is 4.11. The van der Waals surface area contributed by atoms with Gasteiger partial charge in [-0.1, -0.05) is 0 Å². The topological polar surface area (TPSA) is 66.4 Å². The molecule has 1 aromatic carbocycles. The summed E-state index contributed by atoms with van der Waals surface area (Å²) in [4.78, 5) is 10.8. The molecule has 2 atom stereocenters. The standard InChI is InChI=1S/C12H16BrNO3S/c1-8(5-6-18(2)17)14-11-4-3-9(12(15)16)7-10(11)13/h3-4,7-8,14H,5-6H2,1-2H3,(H,15,16). The van der Waals surface area contributed by atoms with Crippen LogP contribution in [0.25, 0.3) is 0 Å². The molecule has 0 spiro atoms. The first kappa shape index (κ1) is 15.2. The third-order valence-electron chi connectivity index (χ3n) is 2.46. The van der Waals surface area contributed by atoms with Gasteiger partial charge in [-0.05, 0) is 47.5 Å². The largest absolute Gasteiger partial charge is 0.478 e. The summed E-state index contributed by atoms with van der Waals surface area (Å²) in [5, 5.41) is 12.1. The lowest BCUT2D eigenvalue weighted by atomic mass is 10.2. The van der Waals surface area contributed by atoms with Crippen LogP contribution in [0.1, 0.15) is 23.7 Å². The average molecular weight is 334 g/mol. The van der Waals surface area contributed by atoms with Crippen LogP contribution >= 0.6 is 15.9 Å². The lowest BCUT2D eigenvalue weighted by Crippen LogP contribution is -2.18. The van der Waals surface area contributed by atoms with Crippen LogP contribution in [0.3, 0.4) is 0 Å². The lowest BCUT2D eigenvalue weighted by Gasteiger charge is -2.16. The van der Waals surface area contributed by atoms with Crippen LogP contribution in [0, 0.1) is 0 Å². The van der Waals surface area contributed by atoms with Gasteiger partial charge in [0.2, 0.25) is 0 Å². The number of rotatable bonds is 6. The first-order valence-corrected chi connectivity index (χ1v) is 8.01. The summed E-state index contributed by atoms with van der Waals surface area (Å²) >= 11 is 3.34. The van der Waals surface area contributed by atoms with E-state index in [1.54, 1.807) is 24.5 Å². The molecule has 1 rings (SSSR count). The molecule has 0 aliphatic heterocycles. The molecule has 2 N–H and O–H groups in total. The predicted molar refractivity (Wildman–Crippen MR) is 77.7 cm³/mol. The van der Waals surface area contributed by atoms with Gasteiger partial charge < -0.3 is 10.4 Å². The van der Waals surface area contributed by atoms with Crippen molar-refractivity contribution in [2.45, 2.75) is 19.4 Å².